The third kappa shape index (κ3) is 2.19. The van der Waals surface area contributed by atoms with Crippen molar-refractivity contribution in [3.63, 3.8) is 0 Å². The molecule has 84 valence electrons. The molecule has 0 saturated carbocycles. The lowest BCUT2D eigenvalue weighted by atomic mass is 9.96. The molecule has 0 saturated heterocycles. The Hall–Kier alpha value is -1.50. The van der Waals surface area contributed by atoms with E-state index in [1.807, 2.05) is 6.07 Å². The van der Waals surface area contributed by atoms with Crippen molar-refractivity contribution < 1.29 is 0 Å². The van der Waals surface area contributed by atoms with Gasteiger partial charge in [-0.1, -0.05) is 44.2 Å². The van der Waals surface area contributed by atoms with E-state index in [0.29, 0.717) is 0 Å². The zero-order valence-corrected chi connectivity index (χ0v) is 10.0. The van der Waals surface area contributed by atoms with E-state index in [2.05, 4.69) is 44.2 Å². The van der Waals surface area contributed by atoms with Crippen molar-refractivity contribution in [2.45, 2.75) is 26.7 Å². The second-order valence-electron chi connectivity index (χ2n) is 4.79. The molecule has 0 aliphatic carbocycles. The molecule has 0 aliphatic heterocycles. The number of benzene rings is 2. The summed E-state index contributed by atoms with van der Waals surface area (Å²) in [6.45, 7) is 4.50. The van der Waals surface area contributed by atoms with Crippen LogP contribution in [0.1, 0.15) is 25.8 Å². The van der Waals surface area contributed by atoms with Crippen molar-refractivity contribution in [1.29, 1.82) is 0 Å². The van der Waals surface area contributed by atoms with E-state index in [1.165, 1.54) is 22.8 Å². The Bertz CT molecular complexity index is 486. The van der Waals surface area contributed by atoms with Gasteiger partial charge in [-0.25, -0.2) is 0 Å². The maximum atomic E-state index is 6.07. The summed E-state index contributed by atoms with van der Waals surface area (Å²) in [6.07, 6.45) is 2.27. The minimum Gasteiger partial charge on any atom is -0.398 e. The lowest BCUT2D eigenvalue weighted by Crippen LogP contribution is -1.98. The third-order valence-corrected chi connectivity index (χ3v) is 3.05. The van der Waals surface area contributed by atoms with Crippen molar-refractivity contribution in [2.75, 3.05) is 5.73 Å². The fourth-order valence-electron chi connectivity index (χ4n) is 2.06. The standard InChI is InChI=1S/C15H19N/c1-11(2)7-9-14-13-6-4-3-5-12(13)8-10-15(14)16/h3-6,8,10-11H,7,9,16H2,1-2H3. The zero-order chi connectivity index (χ0) is 11.5. The van der Waals surface area contributed by atoms with E-state index in [1.54, 1.807) is 0 Å². The summed E-state index contributed by atoms with van der Waals surface area (Å²) < 4.78 is 0. The molecule has 16 heavy (non-hydrogen) atoms. The number of aryl methyl sites for hydroxylation is 1. The van der Waals surface area contributed by atoms with Crippen LogP contribution in [0.5, 0.6) is 0 Å². The third-order valence-electron chi connectivity index (χ3n) is 3.05. The molecule has 0 radical (unpaired) electrons. The molecule has 2 N–H and O–H groups in total. The van der Waals surface area contributed by atoms with Crippen LogP contribution in [-0.4, -0.2) is 0 Å². The van der Waals surface area contributed by atoms with Gasteiger partial charge in [0.05, 0.1) is 0 Å². The number of anilines is 1. The van der Waals surface area contributed by atoms with Crippen LogP contribution >= 0.6 is 0 Å². The average Bonchev–Trinajstić information content (AvgIpc) is 2.27. The van der Waals surface area contributed by atoms with Gasteiger partial charge in [-0.15, -0.1) is 0 Å². The molecule has 1 nitrogen and oxygen atoms in total. The molecule has 2 aromatic carbocycles. The highest BCUT2D eigenvalue weighted by atomic mass is 14.6. The van der Waals surface area contributed by atoms with E-state index in [-0.39, 0.29) is 0 Å². The highest BCUT2D eigenvalue weighted by Crippen LogP contribution is 2.26. The second-order valence-corrected chi connectivity index (χ2v) is 4.79. The Labute approximate surface area is 97.3 Å². The number of nitrogen functional groups attached to an aromatic ring is 1. The van der Waals surface area contributed by atoms with E-state index in [9.17, 15) is 0 Å². The summed E-state index contributed by atoms with van der Waals surface area (Å²) in [6, 6.07) is 12.6. The predicted octanol–water partition coefficient (Wildman–Crippen LogP) is 4.01. The minimum absolute atomic E-state index is 0.721. The molecule has 0 aliphatic rings. The Balaban J connectivity index is 2.44. The van der Waals surface area contributed by atoms with Crippen molar-refractivity contribution in [1.82, 2.24) is 0 Å². The van der Waals surface area contributed by atoms with Crippen molar-refractivity contribution >= 4 is 16.5 Å². The number of hydrogen-bond donors (Lipinski definition) is 1. The maximum absolute atomic E-state index is 6.07. The topological polar surface area (TPSA) is 26.0 Å². The Morgan fingerprint density at radius 3 is 2.56 bits per heavy atom. The van der Waals surface area contributed by atoms with Crippen LogP contribution in [0.15, 0.2) is 36.4 Å². The molecular weight excluding hydrogens is 194 g/mol. The van der Waals surface area contributed by atoms with Gasteiger partial charge in [-0.3, -0.25) is 0 Å². The zero-order valence-electron chi connectivity index (χ0n) is 10.0. The first-order valence-corrected chi connectivity index (χ1v) is 5.94. The summed E-state index contributed by atoms with van der Waals surface area (Å²) in [4.78, 5) is 0. The number of nitrogens with two attached hydrogens (primary N) is 1. The van der Waals surface area contributed by atoms with Gasteiger partial charge >= 0.3 is 0 Å². The molecular formula is C15H19N. The van der Waals surface area contributed by atoms with Crippen LogP contribution in [-0.2, 0) is 6.42 Å². The molecule has 1 heteroatoms. The second kappa shape index (κ2) is 4.56. The smallest absolute Gasteiger partial charge is 0.0353 e. The van der Waals surface area contributed by atoms with Crippen LogP contribution in [0.25, 0.3) is 10.8 Å². The number of rotatable bonds is 3. The SMILES string of the molecule is CC(C)CCc1c(N)ccc2ccccc12. The van der Waals surface area contributed by atoms with Gasteiger partial charge in [0.2, 0.25) is 0 Å². The molecule has 2 aromatic rings. The molecule has 0 atom stereocenters. The van der Waals surface area contributed by atoms with Crippen molar-refractivity contribution in [3.05, 3.63) is 42.0 Å². The quantitative estimate of drug-likeness (QED) is 0.766. The molecule has 0 spiro atoms. The summed E-state index contributed by atoms with van der Waals surface area (Å²) in [5.74, 6) is 0.721. The average molecular weight is 213 g/mol. The van der Waals surface area contributed by atoms with Crippen molar-refractivity contribution in [2.24, 2.45) is 5.92 Å². The Kier molecular flexibility index (Phi) is 3.14. The monoisotopic (exact) mass is 213 g/mol. The van der Waals surface area contributed by atoms with Gasteiger partial charge in [0.25, 0.3) is 0 Å². The van der Waals surface area contributed by atoms with Crippen molar-refractivity contribution in [3.8, 4) is 0 Å². The van der Waals surface area contributed by atoms with E-state index >= 15 is 0 Å². The lowest BCUT2D eigenvalue weighted by Gasteiger charge is -2.11. The molecule has 0 heterocycles. The van der Waals surface area contributed by atoms with Gasteiger partial charge in [-0.2, -0.15) is 0 Å². The van der Waals surface area contributed by atoms with Gasteiger partial charge < -0.3 is 5.73 Å². The summed E-state index contributed by atoms with van der Waals surface area (Å²) >= 11 is 0. The first kappa shape index (κ1) is 11.0. The van der Waals surface area contributed by atoms with Crippen LogP contribution < -0.4 is 5.73 Å². The molecule has 0 fully saturated rings. The number of hydrogen-bond acceptors (Lipinski definition) is 1. The van der Waals surface area contributed by atoms with Crippen LogP contribution in [0.3, 0.4) is 0 Å². The summed E-state index contributed by atoms with van der Waals surface area (Å²) in [5.41, 5.74) is 8.31. The highest BCUT2D eigenvalue weighted by molar-refractivity contribution is 5.89. The summed E-state index contributed by atoms with van der Waals surface area (Å²) in [5, 5.41) is 2.60. The van der Waals surface area contributed by atoms with Gasteiger partial charge in [0.1, 0.15) is 0 Å². The lowest BCUT2D eigenvalue weighted by molar-refractivity contribution is 0.588. The van der Waals surface area contributed by atoms with Gasteiger partial charge in [-0.05, 0) is 41.2 Å². The highest BCUT2D eigenvalue weighted by Gasteiger charge is 2.05. The molecule has 2 rings (SSSR count). The molecule has 0 amide bonds. The first-order chi connectivity index (χ1) is 7.68. The van der Waals surface area contributed by atoms with Crippen LogP contribution in [0.4, 0.5) is 5.69 Å². The Morgan fingerprint density at radius 2 is 1.81 bits per heavy atom. The number of fused-ring (bicyclic) bond motifs is 1. The first-order valence-electron chi connectivity index (χ1n) is 5.94. The summed E-state index contributed by atoms with van der Waals surface area (Å²) in [7, 11) is 0. The fourth-order valence-corrected chi connectivity index (χ4v) is 2.06. The van der Waals surface area contributed by atoms with Crippen LogP contribution in [0, 0.1) is 5.92 Å². The van der Waals surface area contributed by atoms with Gasteiger partial charge in [0, 0.05) is 5.69 Å². The molecule has 0 aromatic heterocycles. The molecule has 0 bridgehead atoms. The largest absolute Gasteiger partial charge is 0.398 e. The predicted molar refractivity (Wildman–Crippen MR) is 71.5 cm³/mol. The van der Waals surface area contributed by atoms with Gasteiger partial charge in [0.15, 0.2) is 0 Å². The minimum atomic E-state index is 0.721. The normalized spacial score (nSPS) is 11.2. The maximum Gasteiger partial charge on any atom is 0.0353 e. The van der Waals surface area contributed by atoms with E-state index in [0.717, 1.165) is 18.0 Å². The fraction of sp³-hybridized carbons (Fsp3) is 0.333. The van der Waals surface area contributed by atoms with E-state index in [4.69, 9.17) is 5.73 Å². The Morgan fingerprint density at radius 1 is 1.06 bits per heavy atom. The van der Waals surface area contributed by atoms with E-state index < -0.39 is 0 Å². The molecule has 0 unspecified atom stereocenters. The van der Waals surface area contributed by atoms with Crippen LogP contribution in [0.2, 0.25) is 0 Å².